The topological polar surface area (TPSA) is 61.4 Å². The van der Waals surface area contributed by atoms with E-state index in [-0.39, 0.29) is 5.91 Å². The van der Waals surface area contributed by atoms with Gasteiger partial charge in [0.05, 0.1) is 18.5 Å². The van der Waals surface area contributed by atoms with Gasteiger partial charge in [-0.3, -0.25) is 10.1 Å². The van der Waals surface area contributed by atoms with Gasteiger partial charge < -0.3 is 10.4 Å². The Hall–Kier alpha value is -1.03. The molecule has 0 unspecified atom stereocenters. The van der Waals surface area contributed by atoms with Crippen LogP contribution in [-0.2, 0) is 4.79 Å². The number of hydrogen-bond acceptors (Lipinski definition) is 3. The smallest absolute Gasteiger partial charge is 0.252 e. The molecular formula is C5H8N2O2. The van der Waals surface area contributed by atoms with Crippen LogP contribution in [0.4, 0.5) is 0 Å². The maximum absolute atomic E-state index is 10.6. The molecule has 0 aromatic rings. The Morgan fingerprint density at radius 3 is 2.89 bits per heavy atom. The van der Waals surface area contributed by atoms with Crippen molar-refractivity contribution in [2.45, 2.75) is 0 Å². The van der Waals surface area contributed by atoms with Gasteiger partial charge in [0.25, 0.3) is 5.91 Å². The standard InChI is InChI=1S/C5H8N2O2/c8-2-4-1-6-3-7-5(4)9/h2,6,8H,1,3H2,(H,7,9)/b4-2-. The average molecular weight is 128 g/mol. The Kier molecular flexibility index (Phi) is 1.69. The van der Waals surface area contributed by atoms with Gasteiger partial charge in [0.15, 0.2) is 0 Å². The molecule has 0 bridgehead atoms. The van der Waals surface area contributed by atoms with Crippen molar-refractivity contribution in [2.75, 3.05) is 13.2 Å². The van der Waals surface area contributed by atoms with Crippen molar-refractivity contribution in [1.29, 1.82) is 0 Å². The van der Waals surface area contributed by atoms with Crippen LogP contribution < -0.4 is 10.6 Å². The fraction of sp³-hybridized carbons (Fsp3) is 0.400. The van der Waals surface area contributed by atoms with Crippen LogP contribution in [0.3, 0.4) is 0 Å². The van der Waals surface area contributed by atoms with E-state index in [1.807, 2.05) is 0 Å². The highest BCUT2D eigenvalue weighted by molar-refractivity contribution is 5.94. The minimum atomic E-state index is -0.198. The number of amides is 1. The number of aliphatic hydroxyl groups is 1. The van der Waals surface area contributed by atoms with Crippen LogP contribution in [-0.4, -0.2) is 24.2 Å². The molecule has 1 rings (SSSR count). The molecule has 0 aliphatic carbocycles. The average Bonchev–Trinajstić information content (AvgIpc) is 1.89. The van der Waals surface area contributed by atoms with E-state index < -0.39 is 0 Å². The Balaban J connectivity index is 2.60. The van der Waals surface area contributed by atoms with Crippen LogP contribution in [0.1, 0.15) is 0 Å². The summed E-state index contributed by atoms with van der Waals surface area (Å²) >= 11 is 0. The first-order chi connectivity index (χ1) is 4.34. The Morgan fingerprint density at radius 2 is 2.44 bits per heavy atom. The monoisotopic (exact) mass is 128 g/mol. The van der Waals surface area contributed by atoms with Crippen molar-refractivity contribution in [3.8, 4) is 0 Å². The summed E-state index contributed by atoms with van der Waals surface area (Å²) in [5, 5.41) is 13.8. The summed E-state index contributed by atoms with van der Waals surface area (Å²) in [5.41, 5.74) is 0.376. The fourth-order valence-electron chi connectivity index (χ4n) is 0.638. The first kappa shape index (κ1) is 6.10. The minimum Gasteiger partial charge on any atom is -0.515 e. The first-order valence-electron chi connectivity index (χ1n) is 2.67. The van der Waals surface area contributed by atoms with Gasteiger partial charge in [-0.25, -0.2) is 0 Å². The molecular weight excluding hydrogens is 120 g/mol. The molecule has 0 aromatic carbocycles. The van der Waals surface area contributed by atoms with Crippen LogP contribution in [0.5, 0.6) is 0 Å². The van der Waals surface area contributed by atoms with Gasteiger partial charge in [-0.2, -0.15) is 0 Å². The second-order valence-corrected chi connectivity index (χ2v) is 1.76. The number of hydrogen-bond donors (Lipinski definition) is 3. The molecule has 4 heteroatoms. The summed E-state index contributed by atoms with van der Waals surface area (Å²) < 4.78 is 0. The van der Waals surface area contributed by atoms with Gasteiger partial charge in [0.1, 0.15) is 0 Å². The van der Waals surface area contributed by atoms with E-state index in [4.69, 9.17) is 5.11 Å². The lowest BCUT2D eigenvalue weighted by Crippen LogP contribution is -2.43. The molecule has 3 N–H and O–H groups in total. The zero-order valence-corrected chi connectivity index (χ0v) is 4.85. The molecule has 1 aliphatic heterocycles. The summed E-state index contributed by atoms with van der Waals surface area (Å²) in [6.45, 7) is 0.929. The first-order valence-corrected chi connectivity index (χ1v) is 2.67. The summed E-state index contributed by atoms with van der Waals surface area (Å²) in [6.07, 6.45) is 0.821. The predicted molar refractivity (Wildman–Crippen MR) is 31.7 cm³/mol. The molecule has 0 aromatic heterocycles. The summed E-state index contributed by atoms with van der Waals surface area (Å²) in [7, 11) is 0. The van der Waals surface area contributed by atoms with Crippen LogP contribution in [0, 0.1) is 0 Å². The van der Waals surface area contributed by atoms with E-state index in [2.05, 4.69) is 10.6 Å². The van der Waals surface area contributed by atoms with Gasteiger partial charge in [-0.1, -0.05) is 0 Å². The van der Waals surface area contributed by atoms with Crippen molar-refractivity contribution in [2.24, 2.45) is 0 Å². The lowest BCUT2D eigenvalue weighted by Gasteiger charge is -2.14. The SMILES string of the molecule is O=C1NCNC/C1=C/O. The van der Waals surface area contributed by atoms with E-state index in [1.54, 1.807) is 0 Å². The highest BCUT2D eigenvalue weighted by Crippen LogP contribution is 1.92. The fourth-order valence-corrected chi connectivity index (χ4v) is 0.638. The predicted octanol–water partition coefficient (Wildman–Crippen LogP) is -0.895. The maximum atomic E-state index is 10.6. The highest BCUT2D eigenvalue weighted by Gasteiger charge is 2.12. The van der Waals surface area contributed by atoms with Gasteiger partial charge >= 0.3 is 0 Å². The molecule has 1 heterocycles. The molecule has 1 aliphatic rings. The molecule has 0 saturated carbocycles. The van der Waals surface area contributed by atoms with E-state index in [9.17, 15) is 4.79 Å². The zero-order chi connectivity index (χ0) is 6.69. The van der Waals surface area contributed by atoms with Crippen molar-refractivity contribution < 1.29 is 9.90 Å². The molecule has 9 heavy (non-hydrogen) atoms. The molecule has 1 fully saturated rings. The Morgan fingerprint density at radius 1 is 1.67 bits per heavy atom. The van der Waals surface area contributed by atoms with Crippen LogP contribution in [0.2, 0.25) is 0 Å². The zero-order valence-electron chi connectivity index (χ0n) is 4.85. The quantitative estimate of drug-likeness (QED) is 0.293. The van der Waals surface area contributed by atoms with Gasteiger partial charge in [-0.15, -0.1) is 0 Å². The number of carbonyl (C=O) groups is 1. The molecule has 0 atom stereocenters. The molecule has 4 nitrogen and oxygen atoms in total. The summed E-state index contributed by atoms with van der Waals surface area (Å²) in [6, 6.07) is 0. The van der Waals surface area contributed by atoms with E-state index in [1.165, 1.54) is 0 Å². The summed E-state index contributed by atoms with van der Waals surface area (Å²) in [4.78, 5) is 10.6. The van der Waals surface area contributed by atoms with Crippen molar-refractivity contribution in [3.05, 3.63) is 11.8 Å². The Labute approximate surface area is 52.6 Å². The van der Waals surface area contributed by atoms with Gasteiger partial charge in [0, 0.05) is 6.54 Å². The second kappa shape index (κ2) is 2.50. The van der Waals surface area contributed by atoms with Gasteiger partial charge in [-0.05, 0) is 0 Å². The highest BCUT2D eigenvalue weighted by atomic mass is 16.2. The van der Waals surface area contributed by atoms with Gasteiger partial charge in [0.2, 0.25) is 0 Å². The second-order valence-electron chi connectivity index (χ2n) is 1.76. The van der Waals surface area contributed by atoms with E-state index in [0.717, 1.165) is 6.26 Å². The lowest BCUT2D eigenvalue weighted by atomic mass is 10.2. The van der Waals surface area contributed by atoms with Crippen molar-refractivity contribution in [3.63, 3.8) is 0 Å². The number of nitrogens with one attached hydrogen (secondary N) is 2. The number of aliphatic hydroxyl groups excluding tert-OH is 1. The Bertz CT molecular complexity index is 153. The van der Waals surface area contributed by atoms with Crippen molar-refractivity contribution in [1.82, 2.24) is 10.6 Å². The third-order valence-corrected chi connectivity index (χ3v) is 1.14. The molecule has 1 saturated heterocycles. The van der Waals surface area contributed by atoms with Crippen LogP contribution >= 0.6 is 0 Å². The largest absolute Gasteiger partial charge is 0.515 e. The maximum Gasteiger partial charge on any atom is 0.252 e. The number of rotatable bonds is 0. The third kappa shape index (κ3) is 1.20. The molecule has 50 valence electrons. The molecule has 0 radical (unpaired) electrons. The third-order valence-electron chi connectivity index (χ3n) is 1.14. The normalized spacial score (nSPS) is 24.0. The lowest BCUT2D eigenvalue weighted by molar-refractivity contribution is -0.118. The van der Waals surface area contributed by atoms with Crippen LogP contribution in [0.15, 0.2) is 11.8 Å². The van der Waals surface area contributed by atoms with E-state index >= 15 is 0 Å². The van der Waals surface area contributed by atoms with Crippen molar-refractivity contribution >= 4 is 5.91 Å². The number of carbonyl (C=O) groups excluding carboxylic acids is 1. The molecule has 1 amide bonds. The van der Waals surface area contributed by atoms with Crippen LogP contribution in [0.25, 0.3) is 0 Å². The minimum absolute atomic E-state index is 0.198. The van der Waals surface area contributed by atoms with E-state index in [0.29, 0.717) is 18.8 Å². The summed E-state index contributed by atoms with van der Waals surface area (Å²) in [5.74, 6) is -0.198. The molecule has 0 spiro atoms.